The van der Waals surface area contributed by atoms with Crippen LogP contribution in [0.4, 0.5) is 0 Å². The molecule has 17 heavy (non-hydrogen) atoms. The number of rotatable bonds is 6. The van der Waals surface area contributed by atoms with Crippen LogP contribution in [0.2, 0.25) is 0 Å². The Morgan fingerprint density at radius 2 is 1.94 bits per heavy atom. The highest BCUT2D eigenvalue weighted by atomic mass is 32.2. The summed E-state index contributed by atoms with van der Waals surface area (Å²) in [5.41, 5.74) is 0. The summed E-state index contributed by atoms with van der Waals surface area (Å²) in [7, 11) is -3.50. The average Bonchev–Trinajstić information content (AvgIpc) is 2.28. The lowest BCUT2D eigenvalue weighted by molar-refractivity contribution is 0.0720. The summed E-state index contributed by atoms with van der Waals surface area (Å²) in [6.45, 7) is 5.40. The average molecular weight is 266 g/mol. The number of morpholine rings is 1. The van der Waals surface area contributed by atoms with Crippen LogP contribution in [0.25, 0.3) is 0 Å². The number of nitrogens with zero attached hydrogens (tertiary/aromatic N) is 1. The molecule has 0 amide bonds. The predicted octanol–water partition coefficient (Wildman–Crippen LogP) is -0.440. The van der Waals surface area contributed by atoms with Crippen LogP contribution >= 0.6 is 0 Å². The van der Waals surface area contributed by atoms with E-state index in [1.54, 1.807) is 0 Å². The van der Waals surface area contributed by atoms with E-state index in [1.807, 2.05) is 13.8 Å². The smallest absolute Gasteiger partial charge is 0.279 e. The molecule has 0 aliphatic carbocycles. The molecule has 6 nitrogen and oxygen atoms in total. The van der Waals surface area contributed by atoms with Gasteiger partial charge < -0.3 is 9.84 Å². The Balaban J connectivity index is 2.56. The summed E-state index contributed by atoms with van der Waals surface area (Å²) in [6, 6.07) is -0.414. The molecule has 1 atom stereocenters. The number of hydrogen-bond donors (Lipinski definition) is 2. The van der Waals surface area contributed by atoms with Crippen LogP contribution in [0.15, 0.2) is 0 Å². The van der Waals surface area contributed by atoms with E-state index in [2.05, 4.69) is 4.72 Å². The third-order valence-corrected chi connectivity index (χ3v) is 4.28. The van der Waals surface area contributed by atoms with Gasteiger partial charge in [-0.05, 0) is 12.3 Å². The van der Waals surface area contributed by atoms with Gasteiger partial charge in [-0.1, -0.05) is 13.8 Å². The Morgan fingerprint density at radius 3 is 2.41 bits per heavy atom. The normalized spacial score (nSPS) is 20.7. The van der Waals surface area contributed by atoms with Crippen LogP contribution in [0.5, 0.6) is 0 Å². The first-order valence-electron chi connectivity index (χ1n) is 5.91. The molecule has 0 spiro atoms. The van der Waals surface area contributed by atoms with Gasteiger partial charge in [0.05, 0.1) is 19.8 Å². The van der Waals surface area contributed by atoms with Gasteiger partial charge in [-0.25, -0.2) is 0 Å². The Labute approximate surface area is 103 Å². The highest BCUT2D eigenvalue weighted by molar-refractivity contribution is 7.87. The summed E-state index contributed by atoms with van der Waals surface area (Å²) in [5, 5.41) is 9.17. The second kappa shape index (κ2) is 6.65. The summed E-state index contributed by atoms with van der Waals surface area (Å²) in [4.78, 5) is 0. The van der Waals surface area contributed by atoms with Gasteiger partial charge >= 0.3 is 0 Å². The molecule has 1 heterocycles. The molecule has 1 unspecified atom stereocenters. The quantitative estimate of drug-likeness (QED) is 0.683. The third-order valence-electron chi connectivity index (χ3n) is 2.60. The number of aliphatic hydroxyl groups excluding tert-OH is 1. The first-order valence-corrected chi connectivity index (χ1v) is 7.35. The van der Waals surface area contributed by atoms with Crippen molar-refractivity contribution < 1.29 is 18.3 Å². The Hall–Kier alpha value is -0.210. The maximum absolute atomic E-state index is 12.0. The van der Waals surface area contributed by atoms with Gasteiger partial charge in [-0.2, -0.15) is 17.4 Å². The van der Waals surface area contributed by atoms with Gasteiger partial charge in [-0.3, -0.25) is 0 Å². The molecule has 0 saturated carbocycles. The van der Waals surface area contributed by atoms with Crippen molar-refractivity contribution in [2.24, 2.45) is 5.92 Å². The fraction of sp³-hybridized carbons (Fsp3) is 1.00. The molecular formula is C10H22N2O4S. The molecule has 0 aromatic heterocycles. The lowest BCUT2D eigenvalue weighted by Crippen LogP contribution is -2.50. The number of ether oxygens (including phenoxy) is 1. The van der Waals surface area contributed by atoms with Crippen molar-refractivity contribution in [2.75, 3.05) is 32.9 Å². The SMILES string of the molecule is CC(C)CC(CO)NS(=O)(=O)N1CCOCC1. The fourth-order valence-electron chi connectivity index (χ4n) is 1.80. The topological polar surface area (TPSA) is 78.9 Å². The van der Waals surface area contributed by atoms with Crippen molar-refractivity contribution in [2.45, 2.75) is 26.3 Å². The molecule has 1 rings (SSSR count). The summed E-state index contributed by atoms with van der Waals surface area (Å²) < 4.78 is 33.0. The maximum Gasteiger partial charge on any atom is 0.279 e. The first-order chi connectivity index (χ1) is 7.95. The van der Waals surface area contributed by atoms with Crippen molar-refractivity contribution >= 4 is 10.2 Å². The van der Waals surface area contributed by atoms with Crippen molar-refractivity contribution in [3.05, 3.63) is 0 Å². The van der Waals surface area contributed by atoms with Crippen molar-refractivity contribution in [1.82, 2.24) is 9.03 Å². The highest BCUT2D eigenvalue weighted by Crippen LogP contribution is 2.08. The van der Waals surface area contributed by atoms with E-state index in [-0.39, 0.29) is 6.61 Å². The van der Waals surface area contributed by atoms with E-state index >= 15 is 0 Å². The molecule has 1 fully saturated rings. The molecule has 0 bridgehead atoms. The fourth-order valence-corrected chi connectivity index (χ4v) is 3.17. The van der Waals surface area contributed by atoms with Crippen LogP contribution in [0.1, 0.15) is 20.3 Å². The zero-order valence-electron chi connectivity index (χ0n) is 10.4. The van der Waals surface area contributed by atoms with E-state index < -0.39 is 16.3 Å². The Morgan fingerprint density at radius 1 is 1.35 bits per heavy atom. The monoisotopic (exact) mass is 266 g/mol. The summed E-state index contributed by atoms with van der Waals surface area (Å²) >= 11 is 0. The van der Waals surface area contributed by atoms with Gasteiger partial charge in [0.15, 0.2) is 0 Å². The van der Waals surface area contributed by atoms with Crippen molar-refractivity contribution in [3.8, 4) is 0 Å². The van der Waals surface area contributed by atoms with Crippen LogP contribution < -0.4 is 4.72 Å². The molecule has 1 aliphatic rings. The largest absolute Gasteiger partial charge is 0.395 e. The number of hydrogen-bond acceptors (Lipinski definition) is 4. The third kappa shape index (κ3) is 4.89. The van der Waals surface area contributed by atoms with Crippen molar-refractivity contribution in [3.63, 3.8) is 0 Å². The van der Waals surface area contributed by atoms with Gasteiger partial charge in [-0.15, -0.1) is 0 Å². The van der Waals surface area contributed by atoms with Crippen LogP contribution in [-0.4, -0.2) is 56.8 Å². The van der Waals surface area contributed by atoms with Crippen LogP contribution in [-0.2, 0) is 14.9 Å². The van der Waals surface area contributed by atoms with Gasteiger partial charge in [0.1, 0.15) is 0 Å². The second-order valence-corrected chi connectivity index (χ2v) is 6.35. The highest BCUT2D eigenvalue weighted by Gasteiger charge is 2.26. The molecule has 2 N–H and O–H groups in total. The lowest BCUT2D eigenvalue weighted by atomic mass is 10.1. The van der Waals surface area contributed by atoms with Crippen molar-refractivity contribution in [1.29, 1.82) is 0 Å². The van der Waals surface area contributed by atoms with E-state index in [0.717, 1.165) is 0 Å². The van der Waals surface area contributed by atoms with E-state index in [9.17, 15) is 8.42 Å². The Bertz CT molecular complexity index is 312. The zero-order valence-corrected chi connectivity index (χ0v) is 11.2. The lowest BCUT2D eigenvalue weighted by Gasteiger charge is -2.28. The minimum atomic E-state index is -3.50. The standard InChI is InChI=1S/C10H22N2O4S/c1-9(2)7-10(8-13)11-17(14,15)12-3-5-16-6-4-12/h9-11,13H,3-8H2,1-2H3. The van der Waals surface area contributed by atoms with E-state index in [4.69, 9.17) is 9.84 Å². The molecule has 7 heteroatoms. The van der Waals surface area contributed by atoms with Gasteiger partial charge in [0.2, 0.25) is 0 Å². The molecule has 1 aliphatic heterocycles. The molecule has 102 valence electrons. The van der Waals surface area contributed by atoms with E-state index in [0.29, 0.717) is 38.6 Å². The molecule has 1 saturated heterocycles. The van der Waals surface area contributed by atoms with Crippen LogP contribution in [0, 0.1) is 5.92 Å². The molecule has 0 aromatic rings. The summed E-state index contributed by atoms with van der Waals surface area (Å²) in [5.74, 6) is 0.333. The Kier molecular flexibility index (Phi) is 5.81. The predicted molar refractivity (Wildman–Crippen MR) is 64.8 cm³/mol. The number of aliphatic hydroxyl groups is 1. The van der Waals surface area contributed by atoms with Gasteiger partial charge in [0, 0.05) is 19.1 Å². The summed E-state index contributed by atoms with van der Waals surface area (Å²) in [6.07, 6.45) is 0.625. The zero-order chi connectivity index (χ0) is 12.9. The van der Waals surface area contributed by atoms with E-state index in [1.165, 1.54) is 4.31 Å². The molecular weight excluding hydrogens is 244 g/mol. The minimum absolute atomic E-state index is 0.179. The first kappa shape index (κ1) is 14.8. The minimum Gasteiger partial charge on any atom is -0.395 e. The van der Waals surface area contributed by atoms with Gasteiger partial charge in [0.25, 0.3) is 10.2 Å². The molecule has 0 radical (unpaired) electrons. The molecule has 0 aromatic carbocycles. The second-order valence-electron chi connectivity index (χ2n) is 4.64. The maximum atomic E-state index is 12.0. The number of nitrogens with one attached hydrogen (secondary N) is 1. The van der Waals surface area contributed by atoms with Crippen LogP contribution in [0.3, 0.4) is 0 Å².